The van der Waals surface area contributed by atoms with Gasteiger partial charge in [-0.25, -0.2) is 9.50 Å². The molecule has 2 atom stereocenters. The smallest absolute Gasteiger partial charge is 0.321 e. The van der Waals surface area contributed by atoms with Crippen LogP contribution in [0.1, 0.15) is 62.4 Å². The van der Waals surface area contributed by atoms with Gasteiger partial charge in [0.25, 0.3) is 0 Å². The van der Waals surface area contributed by atoms with Gasteiger partial charge in [0.2, 0.25) is 5.91 Å². The lowest BCUT2D eigenvalue weighted by Crippen LogP contribution is -2.42. The van der Waals surface area contributed by atoms with Crippen molar-refractivity contribution < 1.29 is 14.3 Å². The van der Waals surface area contributed by atoms with Crippen molar-refractivity contribution in [1.82, 2.24) is 19.9 Å². The second kappa shape index (κ2) is 6.51. The van der Waals surface area contributed by atoms with E-state index in [1.165, 1.54) is 32.8 Å². The maximum Gasteiger partial charge on any atom is 0.321 e. The van der Waals surface area contributed by atoms with E-state index in [-0.39, 0.29) is 23.9 Å². The number of hydrogen-bond donors (Lipinski definition) is 2. The van der Waals surface area contributed by atoms with E-state index in [1.807, 2.05) is 18.3 Å². The summed E-state index contributed by atoms with van der Waals surface area (Å²) in [5.74, 6) is 1.27. The van der Waals surface area contributed by atoms with Crippen LogP contribution in [-0.2, 0) is 20.7 Å². The van der Waals surface area contributed by atoms with E-state index in [9.17, 15) is 9.59 Å². The second-order valence-electron chi connectivity index (χ2n) is 10.2. The average Bonchev–Trinajstić information content (AvgIpc) is 3.66. The van der Waals surface area contributed by atoms with Gasteiger partial charge in [-0.15, -0.1) is 0 Å². The number of nitrogens with two attached hydrogens (primary N) is 1. The maximum atomic E-state index is 12.9. The van der Waals surface area contributed by atoms with Gasteiger partial charge < -0.3 is 15.8 Å². The zero-order valence-corrected chi connectivity index (χ0v) is 17.8. The molecule has 8 heteroatoms. The number of nitrogens with zero attached hydrogens (tertiary/aromatic N) is 3. The molecule has 1 spiro atoms. The predicted octanol–water partition coefficient (Wildman–Crippen LogP) is 1.92. The van der Waals surface area contributed by atoms with Crippen LogP contribution < -0.4 is 11.1 Å². The number of hydrogen-bond acceptors (Lipinski definition) is 6. The van der Waals surface area contributed by atoms with Crippen LogP contribution in [0.3, 0.4) is 0 Å². The molecule has 3 saturated carbocycles. The maximum absolute atomic E-state index is 12.9. The third-order valence-electron chi connectivity index (χ3n) is 7.85. The van der Waals surface area contributed by atoms with E-state index in [0.29, 0.717) is 18.0 Å². The average molecular weight is 424 g/mol. The Morgan fingerprint density at radius 3 is 2.58 bits per heavy atom. The number of fused-ring (bicyclic) bond motifs is 1. The minimum atomic E-state index is -1.21. The summed E-state index contributed by atoms with van der Waals surface area (Å²) in [6.07, 6.45) is 9.56. The highest BCUT2D eigenvalue weighted by atomic mass is 16.5. The van der Waals surface area contributed by atoms with Crippen LogP contribution >= 0.6 is 0 Å². The summed E-state index contributed by atoms with van der Waals surface area (Å²) >= 11 is 0. The normalized spacial score (nSPS) is 27.6. The van der Waals surface area contributed by atoms with Gasteiger partial charge in [0, 0.05) is 12.0 Å². The highest BCUT2D eigenvalue weighted by molar-refractivity contribution is 6.05. The third-order valence-corrected chi connectivity index (χ3v) is 7.85. The standard InChI is InChI=1S/C23H29N5O3/c1-31-21(30)23(12-22(8-9-22)26-20(23)29)10-15-6-7-17-25-16(11-28(17)27-15)19(24)18(13-2-3-13)14-4-5-14/h6-7,11,13-14,18-19H,2-5,8-10,12,24H2,1H3,(H,26,29)/t19-,23?/m1/s1. The highest BCUT2D eigenvalue weighted by Crippen LogP contribution is 2.53. The number of aromatic nitrogens is 3. The van der Waals surface area contributed by atoms with Crippen LogP contribution in [0.15, 0.2) is 18.3 Å². The molecule has 1 aliphatic heterocycles. The lowest BCUT2D eigenvalue weighted by molar-refractivity contribution is -0.157. The van der Waals surface area contributed by atoms with Crippen LogP contribution in [-0.4, -0.2) is 39.1 Å². The molecule has 0 aromatic carbocycles. The number of ether oxygens (including phenoxy) is 1. The van der Waals surface area contributed by atoms with Crippen LogP contribution in [0.5, 0.6) is 0 Å². The Labute approximate surface area is 180 Å². The fourth-order valence-electron chi connectivity index (χ4n) is 5.73. The Bertz CT molecular complexity index is 1060. The van der Waals surface area contributed by atoms with Crippen molar-refractivity contribution in [2.75, 3.05) is 7.11 Å². The first-order valence-electron chi connectivity index (χ1n) is 11.4. The van der Waals surface area contributed by atoms with Crippen molar-refractivity contribution in [1.29, 1.82) is 0 Å². The molecule has 0 radical (unpaired) electrons. The molecule has 31 heavy (non-hydrogen) atoms. The van der Waals surface area contributed by atoms with E-state index >= 15 is 0 Å². The number of amides is 1. The number of nitrogens with one attached hydrogen (secondary N) is 1. The van der Waals surface area contributed by atoms with Crippen molar-refractivity contribution in [2.24, 2.45) is 28.9 Å². The number of carbonyl (C=O) groups is 2. The number of carbonyl (C=O) groups excluding carboxylic acids is 2. The van der Waals surface area contributed by atoms with Gasteiger partial charge in [0.15, 0.2) is 11.1 Å². The fraction of sp³-hybridized carbons (Fsp3) is 0.652. The van der Waals surface area contributed by atoms with Gasteiger partial charge >= 0.3 is 5.97 Å². The van der Waals surface area contributed by atoms with E-state index in [1.54, 1.807) is 4.52 Å². The summed E-state index contributed by atoms with van der Waals surface area (Å²) in [5.41, 5.74) is 7.52. The zero-order chi connectivity index (χ0) is 21.4. The molecule has 4 fully saturated rings. The van der Waals surface area contributed by atoms with Crippen molar-refractivity contribution >= 4 is 17.5 Å². The molecule has 8 nitrogen and oxygen atoms in total. The number of rotatable bonds is 7. The minimum Gasteiger partial charge on any atom is -0.468 e. The summed E-state index contributed by atoms with van der Waals surface area (Å²) in [6.45, 7) is 0. The summed E-state index contributed by atoms with van der Waals surface area (Å²) in [5, 5.41) is 7.73. The molecule has 3 aliphatic carbocycles. The molecule has 1 saturated heterocycles. The van der Waals surface area contributed by atoms with Crippen LogP contribution in [0.2, 0.25) is 0 Å². The molecule has 3 N–H and O–H groups in total. The summed E-state index contributed by atoms with van der Waals surface area (Å²) in [7, 11) is 1.34. The van der Waals surface area contributed by atoms with Gasteiger partial charge in [0.05, 0.1) is 30.7 Å². The first-order chi connectivity index (χ1) is 14.9. The Morgan fingerprint density at radius 1 is 1.29 bits per heavy atom. The van der Waals surface area contributed by atoms with E-state index in [2.05, 4.69) is 5.32 Å². The molecule has 1 unspecified atom stereocenters. The van der Waals surface area contributed by atoms with Crippen molar-refractivity contribution in [2.45, 2.75) is 62.9 Å². The molecule has 2 aromatic heterocycles. The van der Waals surface area contributed by atoms with Crippen molar-refractivity contribution in [3.8, 4) is 0 Å². The van der Waals surface area contributed by atoms with Crippen LogP contribution in [0, 0.1) is 23.2 Å². The van der Waals surface area contributed by atoms with Gasteiger partial charge in [0.1, 0.15) is 0 Å². The fourth-order valence-corrected chi connectivity index (χ4v) is 5.73. The lowest BCUT2D eigenvalue weighted by Gasteiger charge is -2.22. The van der Waals surface area contributed by atoms with Gasteiger partial charge in [-0.1, -0.05) is 0 Å². The summed E-state index contributed by atoms with van der Waals surface area (Å²) in [4.78, 5) is 30.3. The van der Waals surface area contributed by atoms with Crippen molar-refractivity contribution in [3.63, 3.8) is 0 Å². The lowest BCUT2D eigenvalue weighted by atomic mass is 9.79. The monoisotopic (exact) mass is 423 g/mol. The third kappa shape index (κ3) is 3.14. The van der Waals surface area contributed by atoms with E-state index < -0.39 is 11.4 Å². The number of imidazole rings is 1. The molecular formula is C23H29N5O3. The molecule has 3 heterocycles. The quantitative estimate of drug-likeness (QED) is 0.520. The highest BCUT2D eigenvalue weighted by Gasteiger charge is 2.64. The number of esters is 1. The van der Waals surface area contributed by atoms with Crippen LogP contribution in [0.4, 0.5) is 0 Å². The van der Waals surface area contributed by atoms with Crippen LogP contribution in [0.25, 0.3) is 5.65 Å². The Morgan fingerprint density at radius 2 is 2.00 bits per heavy atom. The topological polar surface area (TPSA) is 112 Å². The molecule has 6 rings (SSSR count). The second-order valence-corrected chi connectivity index (χ2v) is 10.2. The Kier molecular flexibility index (Phi) is 4.04. The van der Waals surface area contributed by atoms with Gasteiger partial charge in [-0.3, -0.25) is 9.59 Å². The molecular weight excluding hydrogens is 394 g/mol. The molecule has 0 bridgehead atoms. The predicted molar refractivity (Wildman–Crippen MR) is 112 cm³/mol. The zero-order valence-electron chi connectivity index (χ0n) is 17.8. The SMILES string of the molecule is COC(=O)C1(Cc2ccc3nc([C@@H](N)C(C4CC4)C4CC4)cn3n2)CC2(CC2)NC1=O. The molecule has 1 amide bonds. The minimum absolute atomic E-state index is 0.0677. The Hall–Kier alpha value is -2.48. The molecule has 164 valence electrons. The largest absolute Gasteiger partial charge is 0.468 e. The molecule has 2 aromatic rings. The molecule has 4 aliphatic rings. The first-order valence-corrected chi connectivity index (χ1v) is 11.4. The van der Waals surface area contributed by atoms with E-state index in [4.69, 9.17) is 20.6 Å². The Balaban J connectivity index is 1.29. The van der Waals surface area contributed by atoms with E-state index in [0.717, 1.165) is 36.0 Å². The van der Waals surface area contributed by atoms with Crippen molar-refractivity contribution in [3.05, 3.63) is 29.7 Å². The number of methoxy groups -OCH3 is 1. The van der Waals surface area contributed by atoms with Gasteiger partial charge in [-0.2, -0.15) is 5.10 Å². The van der Waals surface area contributed by atoms with Gasteiger partial charge in [-0.05, 0) is 74.8 Å². The summed E-state index contributed by atoms with van der Waals surface area (Å²) in [6, 6.07) is 3.68. The first kappa shape index (κ1) is 19.2. The summed E-state index contributed by atoms with van der Waals surface area (Å²) < 4.78 is 6.79.